The fourth-order valence-corrected chi connectivity index (χ4v) is 3.60. The number of carbonyl (C=O) groups excluding carboxylic acids is 2. The predicted molar refractivity (Wildman–Crippen MR) is 107 cm³/mol. The minimum Gasteiger partial charge on any atom is -0.374 e. The second-order valence-electron chi connectivity index (χ2n) is 7.23. The molecule has 0 unspecified atom stereocenters. The van der Waals surface area contributed by atoms with Gasteiger partial charge in [0.15, 0.2) is 5.60 Å². The lowest BCUT2D eigenvalue weighted by Crippen LogP contribution is -2.36. The third kappa shape index (κ3) is 3.17. The molecule has 0 radical (unpaired) electrons. The van der Waals surface area contributed by atoms with Crippen molar-refractivity contribution in [1.82, 2.24) is 19.7 Å². The second kappa shape index (κ2) is 6.82. The normalized spacial score (nSPS) is 19.0. The summed E-state index contributed by atoms with van der Waals surface area (Å²) in [6, 6.07) is 14.4. The van der Waals surface area contributed by atoms with E-state index in [1.807, 2.05) is 24.3 Å². The van der Waals surface area contributed by atoms with E-state index in [0.717, 1.165) is 16.8 Å². The summed E-state index contributed by atoms with van der Waals surface area (Å²) in [4.78, 5) is 29.6. The van der Waals surface area contributed by atoms with Crippen molar-refractivity contribution in [3.05, 3.63) is 59.9 Å². The number of amides is 2. The Balaban J connectivity index is 1.73. The molecule has 1 fully saturated rings. The van der Waals surface area contributed by atoms with Crippen LogP contribution in [0.3, 0.4) is 0 Å². The summed E-state index contributed by atoms with van der Waals surface area (Å²) in [5, 5.41) is 15.3. The minimum atomic E-state index is -1.60. The predicted octanol–water partition coefficient (Wildman–Crippen LogP) is 1.30. The Morgan fingerprint density at radius 2 is 1.86 bits per heavy atom. The van der Waals surface area contributed by atoms with Crippen LogP contribution in [0.5, 0.6) is 0 Å². The van der Waals surface area contributed by atoms with E-state index >= 15 is 0 Å². The van der Waals surface area contributed by atoms with Gasteiger partial charge in [0.25, 0.3) is 11.8 Å². The molecular formula is C21H21N5O3. The molecule has 1 aliphatic rings. The molecule has 2 aromatic heterocycles. The second-order valence-corrected chi connectivity index (χ2v) is 7.23. The summed E-state index contributed by atoms with van der Waals surface area (Å²) < 4.78 is 1.64. The monoisotopic (exact) mass is 391 g/mol. The molecule has 0 spiro atoms. The highest BCUT2D eigenvalue weighted by molar-refractivity contribution is 5.91. The van der Waals surface area contributed by atoms with Crippen molar-refractivity contribution in [2.45, 2.75) is 12.0 Å². The van der Waals surface area contributed by atoms with Gasteiger partial charge in [-0.25, -0.2) is 4.98 Å². The molecule has 8 nitrogen and oxygen atoms in total. The lowest BCUT2D eigenvalue weighted by Gasteiger charge is -2.17. The summed E-state index contributed by atoms with van der Waals surface area (Å²) in [6.45, 7) is 0.485. The number of hydrogen-bond acceptors (Lipinski definition) is 5. The fourth-order valence-electron chi connectivity index (χ4n) is 3.60. The molecule has 0 bridgehead atoms. The maximum absolute atomic E-state index is 12.4. The number of benzene rings is 1. The first-order chi connectivity index (χ1) is 13.8. The average Bonchev–Trinajstić information content (AvgIpc) is 3.24. The molecule has 8 heteroatoms. The van der Waals surface area contributed by atoms with Gasteiger partial charge in [-0.05, 0) is 24.3 Å². The number of nitrogens with two attached hydrogens (primary N) is 1. The molecule has 1 atom stereocenters. The van der Waals surface area contributed by atoms with E-state index in [1.165, 1.54) is 4.90 Å². The Hall–Kier alpha value is -3.52. The molecule has 3 heterocycles. The van der Waals surface area contributed by atoms with E-state index in [2.05, 4.69) is 10.1 Å². The number of rotatable bonds is 4. The number of hydrogen-bond donors (Lipinski definition) is 2. The van der Waals surface area contributed by atoms with Crippen LogP contribution >= 0.6 is 0 Å². The van der Waals surface area contributed by atoms with Crippen molar-refractivity contribution < 1.29 is 14.7 Å². The number of aromatic nitrogens is 3. The van der Waals surface area contributed by atoms with E-state index < -0.39 is 11.5 Å². The Kier molecular flexibility index (Phi) is 4.43. The summed E-state index contributed by atoms with van der Waals surface area (Å²) in [5.41, 5.74) is 7.29. The van der Waals surface area contributed by atoms with E-state index in [1.54, 1.807) is 43.0 Å². The van der Waals surface area contributed by atoms with E-state index in [9.17, 15) is 14.7 Å². The average molecular weight is 391 g/mol. The first kappa shape index (κ1) is 18.8. The van der Waals surface area contributed by atoms with Crippen molar-refractivity contribution in [1.29, 1.82) is 0 Å². The van der Waals surface area contributed by atoms with E-state index in [4.69, 9.17) is 5.73 Å². The highest BCUT2D eigenvalue weighted by atomic mass is 16.3. The first-order valence-electron chi connectivity index (χ1n) is 9.20. The Labute approximate surface area is 167 Å². The quantitative estimate of drug-likeness (QED) is 0.696. The number of pyridine rings is 1. The number of primary amides is 1. The molecule has 0 saturated carbocycles. The molecule has 4 rings (SSSR count). The maximum atomic E-state index is 12.4. The van der Waals surface area contributed by atoms with Gasteiger partial charge >= 0.3 is 0 Å². The SMILES string of the molecule is CN1CC[C@@](O)(c2cc(-c3cccc(-c4cccc(C(N)=O)n4)c3)n(C)n2)C1=O. The van der Waals surface area contributed by atoms with Crippen LogP contribution in [0.25, 0.3) is 22.5 Å². The first-order valence-corrected chi connectivity index (χ1v) is 9.20. The zero-order valence-electron chi connectivity index (χ0n) is 16.2. The third-order valence-electron chi connectivity index (χ3n) is 5.27. The molecule has 2 amide bonds. The molecule has 1 aromatic carbocycles. The lowest BCUT2D eigenvalue weighted by atomic mass is 9.97. The van der Waals surface area contributed by atoms with Crippen LogP contribution in [0.1, 0.15) is 22.6 Å². The summed E-state index contributed by atoms with van der Waals surface area (Å²) in [7, 11) is 3.44. The fraction of sp³-hybridized carbons (Fsp3) is 0.238. The van der Waals surface area contributed by atoms with Gasteiger partial charge in [-0.15, -0.1) is 0 Å². The number of likely N-dealkylation sites (tertiary alicyclic amines) is 1. The van der Waals surface area contributed by atoms with Crippen molar-refractivity contribution >= 4 is 11.8 Å². The van der Waals surface area contributed by atoms with Crippen LogP contribution in [-0.2, 0) is 17.4 Å². The van der Waals surface area contributed by atoms with Gasteiger partial charge in [0, 0.05) is 38.2 Å². The molecular weight excluding hydrogens is 370 g/mol. The number of aliphatic hydroxyl groups is 1. The highest BCUT2D eigenvalue weighted by Gasteiger charge is 2.47. The van der Waals surface area contributed by atoms with Crippen LogP contribution in [-0.4, -0.2) is 50.2 Å². The van der Waals surface area contributed by atoms with E-state index in [-0.39, 0.29) is 11.6 Å². The van der Waals surface area contributed by atoms with Crippen LogP contribution in [0, 0.1) is 0 Å². The minimum absolute atomic E-state index is 0.196. The molecule has 1 saturated heterocycles. The molecule has 148 valence electrons. The number of carbonyl (C=O) groups is 2. The third-order valence-corrected chi connectivity index (χ3v) is 5.27. The summed E-state index contributed by atoms with van der Waals surface area (Å²) in [6.07, 6.45) is 0.308. The zero-order chi connectivity index (χ0) is 20.8. The van der Waals surface area contributed by atoms with Gasteiger partial charge in [-0.3, -0.25) is 14.3 Å². The zero-order valence-corrected chi connectivity index (χ0v) is 16.2. The number of nitrogens with zero attached hydrogens (tertiary/aromatic N) is 4. The van der Waals surface area contributed by atoms with Crippen LogP contribution < -0.4 is 5.73 Å². The Morgan fingerprint density at radius 1 is 1.14 bits per heavy atom. The van der Waals surface area contributed by atoms with Gasteiger partial charge in [0.1, 0.15) is 11.4 Å². The van der Waals surface area contributed by atoms with Gasteiger partial charge < -0.3 is 15.7 Å². The maximum Gasteiger partial charge on any atom is 0.267 e. The van der Waals surface area contributed by atoms with Crippen LogP contribution in [0.15, 0.2) is 48.5 Å². The summed E-state index contributed by atoms with van der Waals surface area (Å²) >= 11 is 0. The Bertz CT molecular complexity index is 1120. The van der Waals surface area contributed by atoms with Crippen molar-refractivity contribution in [2.24, 2.45) is 12.8 Å². The standard InChI is InChI=1S/C21H21N5O3/c1-25-10-9-21(29,20(25)28)18-12-17(26(2)24-18)14-6-3-5-13(11-14)15-7-4-8-16(23-15)19(22)27/h3-8,11-12,29H,9-10H2,1-2H3,(H2,22,27)/t21-/m1/s1. The Morgan fingerprint density at radius 3 is 2.55 bits per heavy atom. The molecule has 1 aliphatic heterocycles. The smallest absolute Gasteiger partial charge is 0.267 e. The van der Waals surface area contributed by atoms with Gasteiger partial charge in [0.05, 0.1) is 11.4 Å². The number of likely N-dealkylation sites (N-methyl/N-ethyl adjacent to an activating group) is 1. The summed E-state index contributed by atoms with van der Waals surface area (Å²) in [5.74, 6) is -0.929. The molecule has 29 heavy (non-hydrogen) atoms. The van der Waals surface area contributed by atoms with Crippen LogP contribution in [0.4, 0.5) is 0 Å². The van der Waals surface area contributed by atoms with Crippen molar-refractivity contribution in [3.63, 3.8) is 0 Å². The molecule has 0 aliphatic carbocycles. The lowest BCUT2D eigenvalue weighted by molar-refractivity contribution is -0.143. The molecule has 3 aromatic rings. The topological polar surface area (TPSA) is 114 Å². The van der Waals surface area contributed by atoms with Crippen molar-refractivity contribution in [3.8, 4) is 22.5 Å². The van der Waals surface area contributed by atoms with Crippen LogP contribution in [0.2, 0.25) is 0 Å². The van der Waals surface area contributed by atoms with Crippen molar-refractivity contribution in [2.75, 3.05) is 13.6 Å². The van der Waals surface area contributed by atoms with Gasteiger partial charge in [0.2, 0.25) is 0 Å². The number of aryl methyl sites for hydroxylation is 1. The van der Waals surface area contributed by atoms with Gasteiger partial charge in [-0.2, -0.15) is 5.10 Å². The van der Waals surface area contributed by atoms with Gasteiger partial charge in [-0.1, -0.05) is 24.3 Å². The van der Waals surface area contributed by atoms with E-state index in [0.29, 0.717) is 24.4 Å². The largest absolute Gasteiger partial charge is 0.374 e. The molecule has 3 N–H and O–H groups in total. The highest BCUT2D eigenvalue weighted by Crippen LogP contribution is 2.34.